The van der Waals surface area contributed by atoms with Crippen LogP contribution in [-0.2, 0) is 4.79 Å². The highest BCUT2D eigenvalue weighted by molar-refractivity contribution is 5.64. The molecule has 1 aliphatic carbocycles. The smallest absolute Gasteiger partial charge is 0.293 e. The number of carbonyl (C=O) groups excluding carboxylic acids is 1. The van der Waals surface area contributed by atoms with E-state index in [9.17, 15) is 9.59 Å². The van der Waals surface area contributed by atoms with E-state index in [1.165, 1.54) is 0 Å². The molecule has 1 saturated heterocycles. The van der Waals surface area contributed by atoms with E-state index in [1.54, 1.807) is 17.0 Å². The van der Waals surface area contributed by atoms with Gasteiger partial charge in [-0.3, -0.25) is 4.79 Å². The fourth-order valence-corrected chi connectivity index (χ4v) is 2.61. The van der Waals surface area contributed by atoms with Crippen LogP contribution in [0.3, 0.4) is 0 Å². The van der Waals surface area contributed by atoms with Gasteiger partial charge in [-0.25, -0.2) is 4.98 Å². The fourth-order valence-electron chi connectivity index (χ4n) is 2.61. The molecule has 0 amide bonds. The molecule has 1 aliphatic heterocycles. The lowest BCUT2D eigenvalue weighted by Crippen LogP contribution is -2.44. The molecule has 0 bridgehead atoms. The Morgan fingerprint density at radius 2 is 2.11 bits per heavy atom. The van der Waals surface area contributed by atoms with Gasteiger partial charge in [0.25, 0.3) is 5.56 Å². The molecule has 1 saturated carbocycles. The molecule has 2 aliphatic rings. The minimum atomic E-state index is -0.186. The number of aldehydes is 1. The molecule has 0 spiro atoms. The quantitative estimate of drug-likeness (QED) is 0.751. The predicted octanol–water partition coefficient (Wildman–Crippen LogP) is 1.14. The average Bonchev–Trinajstić information content (AvgIpc) is 3.23. The first kappa shape index (κ1) is 11.4. The SMILES string of the molecule is O=CC1CCCCN1c1nccn(C2CC2)c1=O. The number of piperidine rings is 1. The zero-order chi connectivity index (χ0) is 12.5. The second-order valence-electron chi connectivity index (χ2n) is 5.09. The van der Waals surface area contributed by atoms with Crippen molar-refractivity contribution in [1.29, 1.82) is 0 Å². The highest BCUT2D eigenvalue weighted by Gasteiger charge is 2.29. The van der Waals surface area contributed by atoms with Gasteiger partial charge in [0.15, 0.2) is 5.82 Å². The van der Waals surface area contributed by atoms with Crippen LogP contribution in [-0.4, -0.2) is 28.4 Å². The van der Waals surface area contributed by atoms with Crippen LogP contribution in [0.2, 0.25) is 0 Å². The third-order valence-corrected chi connectivity index (χ3v) is 3.77. The number of hydrogen-bond donors (Lipinski definition) is 0. The molecular formula is C13H17N3O2. The van der Waals surface area contributed by atoms with Crippen LogP contribution in [0.15, 0.2) is 17.2 Å². The molecule has 2 heterocycles. The third-order valence-electron chi connectivity index (χ3n) is 3.77. The summed E-state index contributed by atoms with van der Waals surface area (Å²) >= 11 is 0. The van der Waals surface area contributed by atoms with Gasteiger partial charge in [0.2, 0.25) is 0 Å². The molecule has 1 aromatic heterocycles. The van der Waals surface area contributed by atoms with Gasteiger partial charge in [0.1, 0.15) is 6.29 Å². The maximum absolute atomic E-state index is 12.4. The van der Waals surface area contributed by atoms with Gasteiger partial charge in [0, 0.05) is 25.0 Å². The van der Waals surface area contributed by atoms with Crippen LogP contribution in [0.5, 0.6) is 0 Å². The monoisotopic (exact) mass is 247 g/mol. The number of aromatic nitrogens is 2. The van der Waals surface area contributed by atoms with Gasteiger partial charge in [-0.15, -0.1) is 0 Å². The lowest BCUT2D eigenvalue weighted by atomic mass is 10.0. The summed E-state index contributed by atoms with van der Waals surface area (Å²) in [5.74, 6) is 0.446. The van der Waals surface area contributed by atoms with Crippen LogP contribution in [0.1, 0.15) is 38.1 Å². The predicted molar refractivity (Wildman–Crippen MR) is 67.8 cm³/mol. The number of nitrogens with zero attached hydrogens (tertiary/aromatic N) is 3. The van der Waals surface area contributed by atoms with Gasteiger partial charge in [-0.1, -0.05) is 0 Å². The summed E-state index contributed by atoms with van der Waals surface area (Å²) in [5, 5.41) is 0. The molecule has 5 nitrogen and oxygen atoms in total. The third kappa shape index (κ3) is 1.94. The number of carbonyl (C=O) groups is 1. The van der Waals surface area contributed by atoms with Crippen LogP contribution in [0, 0.1) is 0 Å². The van der Waals surface area contributed by atoms with Crippen molar-refractivity contribution in [1.82, 2.24) is 9.55 Å². The Bertz CT molecular complexity index is 507. The molecule has 1 unspecified atom stereocenters. The van der Waals surface area contributed by atoms with Crippen molar-refractivity contribution >= 4 is 12.1 Å². The molecule has 1 atom stereocenters. The van der Waals surface area contributed by atoms with Gasteiger partial charge < -0.3 is 14.3 Å². The van der Waals surface area contributed by atoms with Crippen molar-refractivity contribution in [3.63, 3.8) is 0 Å². The second-order valence-corrected chi connectivity index (χ2v) is 5.09. The maximum Gasteiger partial charge on any atom is 0.293 e. The largest absolute Gasteiger partial charge is 0.342 e. The van der Waals surface area contributed by atoms with Crippen LogP contribution in [0.25, 0.3) is 0 Å². The summed E-state index contributed by atoms with van der Waals surface area (Å²) in [5.41, 5.74) is -0.0475. The Morgan fingerprint density at radius 3 is 2.83 bits per heavy atom. The molecule has 5 heteroatoms. The Kier molecular flexibility index (Phi) is 2.89. The van der Waals surface area contributed by atoms with Crippen molar-refractivity contribution in [2.24, 2.45) is 0 Å². The summed E-state index contributed by atoms with van der Waals surface area (Å²) < 4.78 is 1.76. The minimum absolute atomic E-state index is 0.0475. The lowest BCUT2D eigenvalue weighted by Gasteiger charge is -2.32. The Balaban J connectivity index is 1.97. The summed E-state index contributed by atoms with van der Waals surface area (Å²) in [6, 6.07) is 0.160. The normalized spacial score (nSPS) is 24.0. The highest BCUT2D eigenvalue weighted by atomic mass is 16.1. The Hall–Kier alpha value is -1.65. The Labute approximate surface area is 105 Å². The summed E-state index contributed by atoms with van der Waals surface area (Å²) in [4.78, 5) is 29.5. The molecule has 0 N–H and O–H groups in total. The molecule has 18 heavy (non-hydrogen) atoms. The van der Waals surface area contributed by atoms with Crippen molar-refractivity contribution in [2.75, 3.05) is 11.4 Å². The van der Waals surface area contributed by atoms with E-state index in [1.807, 2.05) is 4.90 Å². The van der Waals surface area contributed by atoms with E-state index in [2.05, 4.69) is 4.98 Å². The van der Waals surface area contributed by atoms with E-state index < -0.39 is 0 Å². The first-order valence-corrected chi connectivity index (χ1v) is 6.60. The first-order valence-electron chi connectivity index (χ1n) is 6.60. The zero-order valence-corrected chi connectivity index (χ0v) is 10.3. The van der Waals surface area contributed by atoms with Crippen molar-refractivity contribution < 1.29 is 4.79 Å². The standard InChI is InChI=1S/C13H17N3O2/c17-9-11-3-1-2-7-15(11)12-13(18)16(8-6-14-12)10-4-5-10/h6,8-11H,1-5,7H2. The fraction of sp³-hybridized carbons (Fsp3) is 0.615. The van der Waals surface area contributed by atoms with Crippen molar-refractivity contribution in [3.8, 4) is 0 Å². The van der Waals surface area contributed by atoms with E-state index in [4.69, 9.17) is 0 Å². The molecular weight excluding hydrogens is 230 g/mol. The van der Waals surface area contributed by atoms with E-state index in [0.29, 0.717) is 11.9 Å². The second kappa shape index (κ2) is 4.55. The molecule has 2 fully saturated rings. The van der Waals surface area contributed by atoms with Gasteiger partial charge in [0.05, 0.1) is 6.04 Å². The van der Waals surface area contributed by atoms with Crippen molar-refractivity contribution in [2.45, 2.75) is 44.2 Å². The topological polar surface area (TPSA) is 55.2 Å². The highest BCUT2D eigenvalue weighted by Crippen LogP contribution is 2.33. The van der Waals surface area contributed by atoms with Crippen molar-refractivity contribution in [3.05, 3.63) is 22.7 Å². The molecule has 1 aromatic rings. The maximum atomic E-state index is 12.4. The summed E-state index contributed by atoms with van der Waals surface area (Å²) in [6.45, 7) is 0.750. The lowest BCUT2D eigenvalue weighted by molar-refractivity contribution is -0.109. The molecule has 0 radical (unpaired) electrons. The number of hydrogen-bond acceptors (Lipinski definition) is 4. The number of rotatable bonds is 3. The van der Waals surface area contributed by atoms with Gasteiger partial charge >= 0.3 is 0 Å². The first-order chi connectivity index (χ1) is 8.81. The molecule has 96 valence electrons. The number of anilines is 1. The Morgan fingerprint density at radius 1 is 1.28 bits per heavy atom. The summed E-state index contributed by atoms with van der Waals surface area (Å²) in [7, 11) is 0. The minimum Gasteiger partial charge on any atom is -0.342 e. The molecule has 0 aromatic carbocycles. The zero-order valence-electron chi connectivity index (χ0n) is 10.3. The van der Waals surface area contributed by atoms with Gasteiger partial charge in [-0.2, -0.15) is 0 Å². The molecule has 3 rings (SSSR count). The average molecular weight is 247 g/mol. The van der Waals surface area contributed by atoms with Crippen LogP contribution < -0.4 is 10.5 Å². The van der Waals surface area contributed by atoms with Gasteiger partial charge in [-0.05, 0) is 32.1 Å². The van der Waals surface area contributed by atoms with Crippen LogP contribution >= 0.6 is 0 Å². The van der Waals surface area contributed by atoms with Crippen LogP contribution in [0.4, 0.5) is 5.82 Å². The van der Waals surface area contributed by atoms with E-state index >= 15 is 0 Å². The van der Waals surface area contributed by atoms with E-state index in [-0.39, 0.29) is 11.6 Å². The summed E-state index contributed by atoms with van der Waals surface area (Å²) in [6.07, 6.45) is 9.39. The van der Waals surface area contributed by atoms with E-state index in [0.717, 1.165) is 44.9 Å².